The number of imide groups is 1. The van der Waals surface area contributed by atoms with Gasteiger partial charge in [0.1, 0.15) is 18.4 Å². The van der Waals surface area contributed by atoms with E-state index in [1.165, 1.54) is 0 Å². The smallest absolute Gasteiger partial charge is 0.255 e. The fourth-order valence-electron chi connectivity index (χ4n) is 4.87. The summed E-state index contributed by atoms with van der Waals surface area (Å²) in [5.74, 6) is 0.166. The molecule has 0 spiro atoms. The molecule has 1 aliphatic carbocycles. The summed E-state index contributed by atoms with van der Waals surface area (Å²) < 4.78 is 16.6. The molecular formula is C27H35N3O6. The maximum Gasteiger partial charge on any atom is 0.255 e. The third-order valence-corrected chi connectivity index (χ3v) is 6.91. The van der Waals surface area contributed by atoms with Gasteiger partial charge in [-0.1, -0.05) is 24.3 Å². The molecule has 4 rings (SSSR count). The van der Waals surface area contributed by atoms with Crippen molar-refractivity contribution in [1.29, 1.82) is 0 Å². The van der Waals surface area contributed by atoms with Crippen molar-refractivity contribution >= 4 is 17.7 Å². The van der Waals surface area contributed by atoms with Crippen LogP contribution in [-0.4, -0.2) is 87.2 Å². The first kappa shape index (κ1) is 26.1. The summed E-state index contributed by atoms with van der Waals surface area (Å²) >= 11 is 0. The standard InChI is InChI=1S/C27H35N3O6/c1-34-14-12-29(13-15-35-2)16-19-6-8-20(9-7-19)18-36-24-5-3-4-21-22(24)17-30(27(21)33)23-10-11-25(31)28-26(23)32/h3-6,8-9,19,23H,7,10-18H2,1-2H3,(H,28,31,32). The lowest BCUT2D eigenvalue weighted by molar-refractivity contribution is -0.136. The average Bonchev–Trinajstić information content (AvgIpc) is 3.22. The molecule has 2 atom stereocenters. The first-order valence-corrected chi connectivity index (χ1v) is 12.5. The lowest BCUT2D eigenvalue weighted by Crippen LogP contribution is -2.52. The van der Waals surface area contributed by atoms with E-state index in [-0.39, 0.29) is 18.2 Å². The van der Waals surface area contributed by atoms with Gasteiger partial charge in [0.05, 0.1) is 19.8 Å². The van der Waals surface area contributed by atoms with Gasteiger partial charge in [0.2, 0.25) is 11.8 Å². The average molecular weight is 498 g/mol. The molecule has 1 N–H and O–H groups in total. The van der Waals surface area contributed by atoms with Crippen molar-refractivity contribution in [1.82, 2.24) is 15.1 Å². The molecule has 1 aromatic carbocycles. The molecule has 2 heterocycles. The number of amides is 3. The number of carbonyl (C=O) groups is 3. The highest BCUT2D eigenvalue weighted by Crippen LogP contribution is 2.34. The molecule has 3 amide bonds. The minimum Gasteiger partial charge on any atom is -0.489 e. The second-order valence-electron chi connectivity index (χ2n) is 9.39. The van der Waals surface area contributed by atoms with E-state index in [1.807, 2.05) is 6.07 Å². The Morgan fingerprint density at radius 1 is 1.11 bits per heavy atom. The summed E-state index contributed by atoms with van der Waals surface area (Å²) in [7, 11) is 3.43. The number of rotatable bonds is 12. The number of methoxy groups -OCH3 is 2. The predicted octanol–water partition coefficient (Wildman–Crippen LogP) is 1.92. The third kappa shape index (κ3) is 6.21. The lowest BCUT2D eigenvalue weighted by Gasteiger charge is -2.29. The number of nitrogens with one attached hydrogen (secondary N) is 1. The van der Waals surface area contributed by atoms with Crippen molar-refractivity contribution in [2.45, 2.75) is 31.8 Å². The number of benzene rings is 1. The number of piperidine rings is 1. The van der Waals surface area contributed by atoms with Gasteiger partial charge in [0.25, 0.3) is 5.91 Å². The van der Waals surface area contributed by atoms with E-state index in [4.69, 9.17) is 14.2 Å². The minimum absolute atomic E-state index is 0.198. The number of nitrogens with zero attached hydrogens (tertiary/aromatic N) is 2. The molecular weight excluding hydrogens is 462 g/mol. The van der Waals surface area contributed by atoms with Gasteiger partial charge < -0.3 is 19.1 Å². The zero-order valence-corrected chi connectivity index (χ0v) is 21.0. The molecule has 3 aliphatic rings. The van der Waals surface area contributed by atoms with Gasteiger partial charge in [-0.15, -0.1) is 0 Å². The van der Waals surface area contributed by atoms with E-state index in [0.29, 0.717) is 50.0 Å². The quantitative estimate of drug-likeness (QED) is 0.441. The van der Waals surface area contributed by atoms with Crippen LogP contribution < -0.4 is 10.1 Å². The summed E-state index contributed by atoms with van der Waals surface area (Å²) in [6.45, 7) is 4.78. The van der Waals surface area contributed by atoms with Crippen LogP contribution in [0, 0.1) is 5.92 Å². The van der Waals surface area contributed by atoms with Crippen LogP contribution in [0.4, 0.5) is 0 Å². The molecule has 1 fully saturated rings. The Morgan fingerprint density at radius 3 is 2.56 bits per heavy atom. The molecule has 194 valence electrons. The van der Waals surface area contributed by atoms with Crippen LogP contribution in [0.15, 0.2) is 42.0 Å². The molecule has 1 saturated heterocycles. The van der Waals surface area contributed by atoms with Gasteiger partial charge in [0.15, 0.2) is 0 Å². The van der Waals surface area contributed by atoms with E-state index in [9.17, 15) is 14.4 Å². The first-order valence-electron chi connectivity index (χ1n) is 12.5. The Morgan fingerprint density at radius 2 is 1.89 bits per heavy atom. The van der Waals surface area contributed by atoms with Crippen LogP contribution in [0.3, 0.4) is 0 Å². The summed E-state index contributed by atoms with van der Waals surface area (Å²) in [6.07, 6.45) is 8.06. The van der Waals surface area contributed by atoms with Crippen molar-refractivity contribution in [3.63, 3.8) is 0 Å². The topological polar surface area (TPSA) is 97.4 Å². The summed E-state index contributed by atoms with van der Waals surface area (Å²) in [4.78, 5) is 40.7. The van der Waals surface area contributed by atoms with E-state index in [2.05, 4.69) is 28.4 Å². The largest absolute Gasteiger partial charge is 0.489 e. The molecule has 0 saturated carbocycles. The number of ether oxygens (including phenoxy) is 3. The zero-order chi connectivity index (χ0) is 25.5. The molecule has 0 radical (unpaired) electrons. The number of fused-ring (bicyclic) bond motifs is 1. The fraction of sp³-hybridized carbons (Fsp3) is 0.519. The number of allylic oxidation sites excluding steroid dienone is 1. The van der Waals surface area contributed by atoms with Gasteiger partial charge in [-0.3, -0.25) is 24.6 Å². The van der Waals surface area contributed by atoms with Gasteiger partial charge in [0, 0.05) is 51.4 Å². The van der Waals surface area contributed by atoms with Gasteiger partial charge in [-0.2, -0.15) is 0 Å². The molecule has 0 aromatic heterocycles. The van der Waals surface area contributed by atoms with Gasteiger partial charge in [-0.05, 0) is 36.5 Å². The molecule has 2 unspecified atom stereocenters. The van der Waals surface area contributed by atoms with E-state index in [0.717, 1.165) is 37.2 Å². The van der Waals surface area contributed by atoms with Crippen molar-refractivity contribution in [2.24, 2.45) is 5.92 Å². The minimum atomic E-state index is -0.635. The Balaban J connectivity index is 1.33. The van der Waals surface area contributed by atoms with Crippen LogP contribution >= 0.6 is 0 Å². The highest BCUT2D eigenvalue weighted by molar-refractivity contribution is 6.05. The second kappa shape index (κ2) is 12.3. The zero-order valence-electron chi connectivity index (χ0n) is 21.0. The summed E-state index contributed by atoms with van der Waals surface area (Å²) in [5, 5.41) is 2.34. The second-order valence-corrected chi connectivity index (χ2v) is 9.39. The molecule has 9 heteroatoms. The number of carbonyl (C=O) groups excluding carboxylic acids is 3. The fourth-order valence-corrected chi connectivity index (χ4v) is 4.87. The van der Waals surface area contributed by atoms with Crippen molar-refractivity contribution in [3.8, 4) is 5.75 Å². The van der Waals surface area contributed by atoms with Crippen LogP contribution in [-0.2, 0) is 25.6 Å². The van der Waals surface area contributed by atoms with E-state index >= 15 is 0 Å². The van der Waals surface area contributed by atoms with Crippen molar-refractivity contribution in [3.05, 3.63) is 53.1 Å². The Bertz CT molecular complexity index is 1030. The molecule has 9 nitrogen and oxygen atoms in total. The van der Waals surface area contributed by atoms with Crippen LogP contribution in [0.5, 0.6) is 5.75 Å². The maximum atomic E-state index is 13.0. The first-order chi connectivity index (χ1) is 17.5. The van der Waals surface area contributed by atoms with Gasteiger partial charge >= 0.3 is 0 Å². The highest BCUT2D eigenvalue weighted by atomic mass is 16.5. The summed E-state index contributed by atoms with van der Waals surface area (Å²) in [5.41, 5.74) is 2.44. The SMILES string of the molecule is COCCN(CCOC)CC1C=CC(COc2cccc3c2CN(C2CCC(=O)NC2=O)C3=O)=CC1. The Kier molecular flexibility index (Phi) is 8.90. The molecule has 0 bridgehead atoms. The molecule has 1 aromatic rings. The van der Waals surface area contributed by atoms with Crippen LogP contribution in [0.2, 0.25) is 0 Å². The lowest BCUT2D eigenvalue weighted by atomic mass is 9.96. The monoisotopic (exact) mass is 497 g/mol. The number of hydrogen-bond acceptors (Lipinski definition) is 7. The highest BCUT2D eigenvalue weighted by Gasteiger charge is 2.40. The van der Waals surface area contributed by atoms with Crippen molar-refractivity contribution < 1.29 is 28.6 Å². The third-order valence-electron chi connectivity index (χ3n) is 6.91. The predicted molar refractivity (Wildman–Crippen MR) is 134 cm³/mol. The van der Waals surface area contributed by atoms with Crippen LogP contribution in [0.1, 0.15) is 35.2 Å². The summed E-state index contributed by atoms with van der Waals surface area (Å²) in [6, 6.07) is 4.79. The normalized spacial score (nSPS) is 21.6. The van der Waals surface area contributed by atoms with Gasteiger partial charge in [-0.25, -0.2) is 0 Å². The Labute approximate surface area is 212 Å². The molecule has 2 aliphatic heterocycles. The van der Waals surface area contributed by atoms with Crippen LogP contribution in [0.25, 0.3) is 0 Å². The van der Waals surface area contributed by atoms with E-state index in [1.54, 1.807) is 31.3 Å². The Hall–Kier alpha value is -3.01. The maximum absolute atomic E-state index is 13.0. The molecule has 36 heavy (non-hydrogen) atoms. The van der Waals surface area contributed by atoms with Crippen molar-refractivity contribution in [2.75, 3.05) is 53.7 Å². The number of hydrogen-bond donors (Lipinski definition) is 1. The van der Waals surface area contributed by atoms with E-state index < -0.39 is 11.9 Å².